The summed E-state index contributed by atoms with van der Waals surface area (Å²) in [5.74, 6) is 0. The van der Waals surface area contributed by atoms with Crippen LogP contribution in [-0.4, -0.2) is 11.7 Å². The minimum atomic E-state index is -0.601. The van der Waals surface area contributed by atoms with Gasteiger partial charge in [-0.1, -0.05) is 35.2 Å². The Morgan fingerprint density at radius 1 is 1.36 bits per heavy atom. The Balaban J connectivity index is 2.85. The highest BCUT2D eigenvalue weighted by atomic mass is 16.6. The monoisotopic (exact) mass is 149 g/mol. The topological polar surface area (TPSA) is 43.1 Å². The van der Waals surface area contributed by atoms with Gasteiger partial charge in [0.1, 0.15) is 0 Å². The summed E-state index contributed by atoms with van der Waals surface area (Å²) in [6.45, 7) is 0.978. The standard InChI is InChI=1S/C7H8BNO2/c1-8(9(10)11)7-5-3-2-4-6-7/h2-6H,1H3. The Kier molecular flexibility index (Phi) is 2.26. The summed E-state index contributed by atoms with van der Waals surface area (Å²) in [6, 6.07) is 8.96. The molecule has 56 valence electrons. The molecule has 1 rings (SSSR count). The number of hydrogen-bond donors (Lipinski definition) is 0. The van der Waals surface area contributed by atoms with Crippen molar-refractivity contribution in [3.05, 3.63) is 40.4 Å². The molecule has 0 N–H and O–H groups in total. The molecule has 0 spiro atoms. The van der Waals surface area contributed by atoms with Crippen molar-refractivity contribution in [2.45, 2.75) is 6.82 Å². The van der Waals surface area contributed by atoms with Gasteiger partial charge in [0.25, 0.3) is 0 Å². The first kappa shape index (κ1) is 7.79. The second-order valence-corrected chi connectivity index (χ2v) is 2.37. The van der Waals surface area contributed by atoms with Gasteiger partial charge in [-0.05, 0) is 6.82 Å². The van der Waals surface area contributed by atoms with Crippen LogP contribution in [0.5, 0.6) is 0 Å². The summed E-state index contributed by atoms with van der Waals surface area (Å²) < 4.78 is 0. The molecule has 4 heteroatoms. The van der Waals surface area contributed by atoms with Crippen molar-refractivity contribution in [2.24, 2.45) is 0 Å². The first-order chi connectivity index (χ1) is 5.22. The Hall–Kier alpha value is -1.32. The van der Waals surface area contributed by atoms with Crippen molar-refractivity contribution in [3.8, 4) is 0 Å². The van der Waals surface area contributed by atoms with E-state index in [0.717, 1.165) is 5.46 Å². The Bertz CT molecular complexity index is 250. The Morgan fingerprint density at radius 3 is 2.36 bits per heavy atom. The highest BCUT2D eigenvalue weighted by Gasteiger charge is 2.25. The number of rotatable bonds is 2. The summed E-state index contributed by atoms with van der Waals surface area (Å²) in [5.41, 5.74) is 0.748. The maximum absolute atomic E-state index is 10.3. The van der Waals surface area contributed by atoms with E-state index in [1.54, 1.807) is 31.1 Å². The van der Waals surface area contributed by atoms with E-state index in [1.165, 1.54) is 0 Å². The maximum Gasteiger partial charge on any atom is 0.580 e. The van der Waals surface area contributed by atoms with Crippen molar-refractivity contribution >= 4 is 12.3 Å². The SMILES string of the molecule is CB(c1ccccc1)[N+](=O)[O-]. The fourth-order valence-corrected chi connectivity index (χ4v) is 0.853. The van der Waals surface area contributed by atoms with Gasteiger partial charge in [-0.3, -0.25) is 10.1 Å². The third kappa shape index (κ3) is 1.80. The summed E-state index contributed by atoms with van der Waals surface area (Å²) in [7, 11) is 0. The van der Waals surface area contributed by atoms with Crippen molar-refractivity contribution in [2.75, 3.05) is 0 Å². The lowest BCUT2D eigenvalue weighted by Gasteiger charge is -1.96. The third-order valence-corrected chi connectivity index (χ3v) is 1.60. The minimum absolute atomic E-state index is 0.296. The summed E-state index contributed by atoms with van der Waals surface area (Å²) in [5, 5.41) is 10.3. The fraction of sp³-hybridized carbons (Fsp3) is 0.143. The molecule has 0 atom stereocenters. The van der Waals surface area contributed by atoms with E-state index >= 15 is 0 Å². The van der Waals surface area contributed by atoms with Crippen LogP contribution in [0.4, 0.5) is 0 Å². The summed E-state index contributed by atoms with van der Waals surface area (Å²) >= 11 is 0. The zero-order chi connectivity index (χ0) is 8.27. The van der Waals surface area contributed by atoms with Crippen molar-refractivity contribution < 1.29 is 4.83 Å². The number of benzene rings is 1. The molecule has 0 aliphatic rings. The Labute approximate surface area is 65.3 Å². The number of hydrogen-bond acceptors (Lipinski definition) is 2. The lowest BCUT2D eigenvalue weighted by Crippen LogP contribution is -2.34. The van der Waals surface area contributed by atoms with Crippen LogP contribution in [-0.2, 0) is 0 Å². The first-order valence-electron chi connectivity index (χ1n) is 3.40. The number of nitrogens with zero attached hydrogens (tertiary/aromatic N) is 1. The van der Waals surface area contributed by atoms with Crippen LogP contribution < -0.4 is 5.46 Å². The lowest BCUT2D eigenvalue weighted by atomic mass is 9.59. The minimum Gasteiger partial charge on any atom is -0.293 e. The molecule has 0 aliphatic heterocycles. The fourth-order valence-electron chi connectivity index (χ4n) is 0.853. The van der Waals surface area contributed by atoms with Gasteiger partial charge in [-0.2, -0.15) is 0 Å². The molecular formula is C7H8BNO2. The number of nitro groups is 1. The second-order valence-electron chi connectivity index (χ2n) is 2.37. The molecule has 0 saturated carbocycles. The molecule has 0 aromatic heterocycles. The van der Waals surface area contributed by atoms with Crippen LogP contribution in [0.15, 0.2) is 30.3 Å². The van der Waals surface area contributed by atoms with E-state index in [9.17, 15) is 10.1 Å². The largest absolute Gasteiger partial charge is 0.580 e. The molecule has 0 aliphatic carbocycles. The van der Waals surface area contributed by atoms with E-state index in [-0.39, 0.29) is 4.83 Å². The first-order valence-corrected chi connectivity index (χ1v) is 3.40. The van der Waals surface area contributed by atoms with Gasteiger partial charge in [0, 0.05) is 5.46 Å². The predicted molar refractivity (Wildman–Crippen MR) is 44.7 cm³/mol. The van der Waals surface area contributed by atoms with Crippen molar-refractivity contribution in [1.82, 2.24) is 0 Å². The third-order valence-electron chi connectivity index (χ3n) is 1.60. The van der Waals surface area contributed by atoms with Gasteiger partial charge in [-0.25, -0.2) is 0 Å². The van der Waals surface area contributed by atoms with Gasteiger partial charge < -0.3 is 0 Å². The molecule has 0 fully saturated rings. The van der Waals surface area contributed by atoms with Crippen LogP contribution in [0, 0.1) is 10.1 Å². The normalized spacial score (nSPS) is 9.18. The average Bonchev–Trinajstić information content (AvgIpc) is 2.05. The second kappa shape index (κ2) is 3.19. The lowest BCUT2D eigenvalue weighted by molar-refractivity contribution is -0.327. The zero-order valence-electron chi connectivity index (χ0n) is 6.23. The van der Waals surface area contributed by atoms with Crippen LogP contribution in [0.1, 0.15) is 0 Å². The molecule has 11 heavy (non-hydrogen) atoms. The highest BCUT2D eigenvalue weighted by molar-refractivity contribution is 6.64. The van der Waals surface area contributed by atoms with Gasteiger partial charge >= 0.3 is 6.85 Å². The quantitative estimate of drug-likeness (QED) is 0.354. The molecule has 0 bridgehead atoms. The van der Waals surface area contributed by atoms with E-state index in [0.29, 0.717) is 0 Å². The van der Waals surface area contributed by atoms with Gasteiger partial charge in [0.05, 0.1) is 0 Å². The predicted octanol–water partition coefficient (Wildman–Crippen LogP) is 0.792. The van der Waals surface area contributed by atoms with Crippen molar-refractivity contribution in [1.29, 1.82) is 0 Å². The van der Waals surface area contributed by atoms with E-state index < -0.39 is 6.85 Å². The molecule has 0 saturated heterocycles. The van der Waals surface area contributed by atoms with Gasteiger partial charge in [0.2, 0.25) is 0 Å². The molecule has 1 aromatic carbocycles. The summed E-state index contributed by atoms with van der Waals surface area (Å²) in [6.07, 6.45) is 0. The smallest absolute Gasteiger partial charge is 0.293 e. The molecule has 1 aromatic rings. The maximum atomic E-state index is 10.3. The van der Waals surface area contributed by atoms with Gasteiger partial charge in [0.15, 0.2) is 0 Å². The molecule has 0 radical (unpaired) electrons. The molecule has 0 unspecified atom stereocenters. The molecule has 3 nitrogen and oxygen atoms in total. The summed E-state index contributed by atoms with van der Waals surface area (Å²) in [4.78, 5) is 10.0. The van der Waals surface area contributed by atoms with Crippen LogP contribution in [0.3, 0.4) is 0 Å². The van der Waals surface area contributed by atoms with E-state index in [4.69, 9.17) is 0 Å². The van der Waals surface area contributed by atoms with Crippen LogP contribution >= 0.6 is 0 Å². The molecular weight excluding hydrogens is 141 g/mol. The highest BCUT2D eigenvalue weighted by Crippen LogP contribution is 1.88. The van der Waals surface area contributed by atoms with Crippen LogP contribution in [0.25, 0.3) is 0 Å². The van der Waals surface area contributed by atoms with E-state index in [2.05, 4.69) is 0 Å². The van der Waals surface area contributed by atoms with Gasteiger partial charge in [-0.15, -0.1) is 0 Å². The average molecular weight is 149 g/mol. The van der Waals surface area contributed by atoms with E-state index in [1.807, 2.05) is 6.07 Å². The van der Waals surface area contributed by atoms with Crippen molar-refractivity contribution in [3.63, 3.8) is 0 Å². The Morgan fingerprint density at radius 2 is 1.91 bits per heavy atom. The molecule has 0 heterocycles. The molecule has 0 amide bonds. The zero-order valence-corrected chi connectivity index (χ0v) is 6.23. The van der Waals surface area contributed by atoms with Crippen LogP contribution in [0.2, 0.25) is 6.82 Å².